The van der Waals surface area contributed by atoms with Crippen LogP contribution >= 0.6 is 0 Å². The fourth-order valence-electron chi connectivity index (χ4n) is 4.33. The Morgan fingerprint density at radius 1 is 1.25 bits per heavy atom. The van der Waals surface area contributed by atoms with Gasteiger partial charge in [-0.1, -0.05) is 6.07 Å². The number of aryl methyl sites for hydroxylation is 2. The van der Waals surface area contributed by atoms with Crippen molar-refractivity contribution in [3.63, 3.8) is 0 Å². The molecule has 1 aliphatic heterocycles. The van der Waals surface area contributed by atoms with Crippen molar-refractivity contribution in [2.45, 2.75) is 70.4 Å². The molecule has 11 heteroatoms. The molecule has 1 unspecified atom stereocenters. The van der Waals surface area contributed by atoms with E-state index in [0.29, 0.717) is 19.5 Å². The summed E-state index contributed by atoms with van der Waals surface area (Å²) in [5.41, 5.74) is 2.28. The number of hydrogen-bond donors (Lipinski definition) is 4. The van der Waals surface area contributed by atoms with Gasteiger partial charge in [-0.15, -0.1) is 0 Å². The van der Waals surface area contributed by atoms with Crippen molar-refractivity contribution in [1.82, 2.24) is 14.9 Å². The van der Waals surface area contributed by atoms with Gasteiger partial charge in [-0.25, -0.2) is 18.7 Å². The summed E-state index contributed by atoms with van der Waals surface area (Å²) in [6, 6.07) is 5.60. The summed E-state index contributed by atoms with van der Waals surface area (Å²) < 4.78 is 26.6. The molecule has 0 bridgehead atoms. The average Bonchev–Trinajstić information content (AvgIpc) is 2.87. The molecule has 2 aromatic heterocycles. The topological polar surface area (TPSA) is 121 Å². The third-order valence-electron chi connectivity index (χ3n) is 6.40. The number of hydrogen-bond acceptors (Lipinski definition) is 8. The molecule has 36 heavy (non-hydrogen) atoms. The largest absolute Gasteiger partial charge is 0.389 e. The second-order valence-corrected chi connectivity index (χ2v) is 9.18. The number of pyridine rings is 1. The number of anilines is 2. The number of fused-ring (bicyclic) bond motifs is 1. The van der Waals surface area contributed by atoms with Crippen LogP contribution in [0.3, 0.4) is 0 Å². The van der Waals surface area contributed by atoms with Crippen LogP contribution in [0.4, 0.5) is 20.4 Å². The van der Waals surface area contributed by atoms with E-state index in [1.54, 1.807) is 6.92 Å². The van der Waals surface area contributed by atoms with E-state index in [9.17, 15) is 24.4 Å². The van der Waals surface area contributed by atoms with Gasteiger partial charge in [-0.2, -0.15) is 5.26 Å². The lowest BCUT2D eigenvalue weighted by Crippen LogP contribution is -2.43. The molecule has 0 saturated heterocycles. The smallest absolute Gasteiger partial charge is 0.351 e. The van der Waals surface area contributed by atoms with E-state index < -0.39 is 18.6 Å². The Labute approximate surface area is 210 Å². The zero-order valence-corrected chi connectivity index (χ0v) is 20.7. The lowest BCUT2D eigenvalue weighted by atomic mass is 10.1. The molecule has 0 saturated carbocycles. The first kappa shape index (κ1) is 27.5. The highest BCUT2D eigenvalue weighted by Crippen LogP contribution is 2.20. The van der Waals surface area contributed by atoms with Gasteiger partial charge < -0.3 is 20.5 Å². The number of aliphatic hydroxyl groups excluding tert-OH is 1. The number of nitrogens with zero attached hydrogens (tertiary/aromatic N) is 5. The van der Waals surface area contributed by atoms with Gasteiger partial charge in [0.15, 0.2) is 6.20 Å². The van der Waals surface area contributed by atoms with E-state index in [1.807, 2.05) is 11.0 Å². The van der Waals surface area contributed by atoms with Crippen LogP contribution < -0.4 is 15.4 Å². The van der Waals surface area contributed by atoms with Gasteiger partial charge in [0, 0.05) is 38.2 Å². The minimum atomic E-state index is -2.38. The van der Waals surface area contributed by atoms with Crippen molar-refractivity contribution in [1.29, 1.82) is 5.26 Å². The summed E-state index contributed by atoms with van der Waals surface area (Å²) in [6.45, 7) is 3.93. The zero-order chi connectivity index (χ0) is 25.9. The van der Waals surface area contributed by atoms with Crippen molar-refractivity contribution >= 4 is 11.6 Å². The zero-order valence-electron chi connectivity index (χ0n) is 20.7. The van der Waals surface area contributed by atoms with Crippen molar-refractivity contribution in [3.05, 3.63) is 41.5 Å². The Bertz CT molecular complexity index is 1020. The van der Waals surface area contributed by atoms with Crippen LogP contribution in [0.5, 0.6) is 0 Å². The average molecular weight is 505 g/mol. The van der Waals surface area contributed by atoms with E-state index in [2.05, 4.69) is 27.8 Å². The minimum absolute atomic E-state index is 0.00815. The molecule has 0 amide bonds. The van der Waals surface area contributed by atoms with Crippen LogP contribution in [0.2, 0.25) is 0 Å². The Hall–Kier alpha value is -3.10. The van der Waals surface area contributed by atoms with E-state index in [-0.39, 0.29) is 24.5 Å². The molecule has 3 heterocycles. The summed E-state index contributed by atoms with van der Waals surface area (Å²) >= 11 is 0. The maximum atomic E-state index is 12.9. The fourth-order valence-corrected chi connectivity index (χ4v) is 4.33. The molecule has 0 radical (unpaired) electrons. The number of alkyl halides is 2. The molecule has 1 aliphatic rings. The minimum Gasteiger partial charge on any atom is -0.389 e. The Balaban J connectivity index is 1.53. The molecule has 196 valence electrons. The van der Waals surface area contributed by atoms with Gasteiger partial charge in [0.25, 0.3) is 0 Å². The molecule has 2 atom stereocenters. The number of halogens is 2. The number of nitrogens with one attached hydrogen (secondary N) is 2. The fraction of sp³-hybridized carbons (Fsp3) is 0.600. The Morgan fingerprint density at radius 2 is 2.06 bits per heavy atom. The van der Waals surface area contributed by atoms with Crippen LogP contribution in [0.25, 0.3) is 0 Å². The van der Waals surface area contributed by atoms with Gasteiger partial charge in [0.05, 0.1) is 12.3 Å². The molecule has 4 N–H and O–H groups in total. The van der Waals surface area contributed by atoms with E-state index in [0.717, 1.165) is 54.9 Å². The summed E-state index contributed by atoms with van der Waals surface area (Å²) in [5, 5.41) is 35.9. The molecule has 9 nitrogen and oxygen atoms in total. The Kier molecular flexibility index (Phi) is 10.6. The van der Waals surface area contributed by atoms with Gasteiger partial charge in [-0.3, -0.25) is 5.32 Å². The van der Waals surface area contributed by atoms with Crippen molar-refractivity contribution in [3.8, 4) is 6.07 Å². The van der Waals surface area contributed by atoms with Crippen LogP contribution in [0.1, 0.15) is 56.0 Å². The SMILES string of the molecule is CC(O)[C@H](CCN(CCCCc1ccc2c(n1)NCCC2)CCC(F)F)Nc1c(C#N)ncc[n+]1O. The van der Waals surface area contributed by atoms with Crippen LogP contribution in [0.15, 0.2) is 24.5 Å². The van der Waals surface area contributed by atoms with Crippen LogP contribution in [-0.2, 0) is 12.8 Å². The van der Waals surface area contributed by atoms with Crippen molar-refractivity contribution in [2.75, 3.05) is 36.8 Å². The standard InChI is InChI=1S/C25H35F2N7O2/c1-18(35)21(32-25-22(17-28)29-12-16-34(25)36)9-14-33(15-10-23(26)27)13-3-2-6-20-8-7-19-5-4-11-30-24(19)31-20/h7-8,12,16,18,21,23,35-36H,2-6,9-11,13-15H2,1H3,(H,30,31)/p+1/t18?,21-/m0/s1. The van der Waals surface area contributed by atoms with Gasteiger partial charge >= 0.3 is 5.82 Å². The monoisotopic (exact) mass is 504 g/mol. The summed E-state index contributed by atoms with van der Waals surface area (Å²) in [6.07, 6.45) is 4.31. The lowest BCUT2D eigenvalue weighted by molar-refractivity contribution is -0.894. The number of rotatable bonds is 14. The molecule has 0 fully saturated rings. The third-order valence-corrected chi connectivity index (χ3v) is 6.40. The Morgan fingerprint density at radius 3 is 2.81 bits per heavy atom. The third kappa shape index (κ3) is 8.24. The first-order valence-corrected chi connectivity index (χ1v) is 12.5. The predicted molar refractivity (Wildman–Crippen MR) is 131 cm³/mol. The maximum Gasteiger partial charge on any atom is 0.351 e. The first-order valence-electron chi connectivity index (χ1n) is 12.5. The van der Waals surface area contributed by atoms with E-state index in [4.69, 9.17) is 4.98 Å². The molecule has 2 aromatic rings. The number of aromatic nitrogens is 3. The summed E-state index contributed by atoms with van der Waals surface area (Å²) in [5.74, 6) is 1.06. The number of nitriles is 1. The van der Waals surface area contributed by atoms with Crippen molar-refractivity contribution in [2.24, 2.45) is 0 Å². The predicted octanol–water partition coefficient (Wildman–Crippen LogP) is 2.76. The van der Waals surface area contributed by atoms with Crippen molar-refractivity contribution < 1.29 is 23.8 Å². The van der Waals surface area contributed by atoms with Crippen LogP contribution in [0, 0.1) is 11.3 Å². The van der Waals surface area contributed by atoms with E-state index >= 15 is 0 Å². The maximum absolute atomic E-state index is 12.9. The lowest BCUT2D eigenvalue weighted by Gasteiger charge is -2.25. The second kappa shape index (κ2) is 13.8. The second-order valence-electron chi connectivity index (χ2n) is 9.18. The molecular weight excluding hydrogens is 468 g/mol. The van der Waals surface area contributed by atoms with Gasteiger partial charge in [0.1, 0.15) is 17.9 Å². The molecule has 0 spiro atoms. The normalized spacial score (nSPS) is 14.7. The van der Waals surface area contributed by atoms with Gasteiger partial charge in [0.2, 0.25) is 12.1 Å². The highest BCUT2D eigenvalue weighted by molar-refractivity contribution is 5.47. The van der Waals surface area contributed by atoms with Gasteiger partial charge in [-0.05, 0) is 61.9 Å². The summed E-state index contributed by atoms with van der Waals surface area (Å²) in [7, 11) is 0. The molecule has 0 aliphatic carbocycles. The highest BCUT2D eigenvalue weighted by atomic mass is 19.3. The van der Waals surface area contributed by atoms with E-state index in [1.165, 1.54) is 18.0 Å². The number of unbranched alkanes of at least 4 members (excludes halogenated alkanes) is 1. The summed E-state index contributed by atoms with van der Waals surface area (Å²) in [4.78, 5) is 10.6. The number of aliphatic hydroxyl groups is 1. The van der Waals surface area contributed by atoms with Crippen LogP contribution in [-0.4, -0.2) is 69.9 Å². The quantitative estimate of drug-likeness (QED) is 0.176. The highest BCUT2D eigenvalue weighted by Gasteiger charge is 2.26. The first-order chi connectivity index (χ1) is 17.4. The molecule has 3 rings (SSSR count). The molecule has 0 aromatic carbocycles. The molecular formula is C25H36F2N7O2+.